The molecule has 42 heavy (non-hydrogen) atoms. The number of nitro groups is 1. The average molecular weight is 647 g/mol. The zero-order chi connectivity index (χ0) is 30.8. The van der Waals surface area contributed by atoms with E-state index in [1.165, 1.54) is 25.5 Å². The van der Waals surface area contributed by atoms with Crippen molar-refractivity contribution in [3.05, 3.63) is 67.3 Å². The Labute approximate surface area is 248 Å². The second-order valence-electron chi connectivity index (χ2n) is 8.47. The summed E-state index contributed by atoms with van der Waals surface area (Å²) in [5.74, 6) is -0.121. The monoisotopic (exact) mass is 646 g/mol. The second-order valence-corrected chi connectivity index (χ2v) is 9.32. The smallest absolute Gasteiger partial charge is 0.337 e. The molecule has 3 rings (SSSR count). The third kappa shape index (κ3) is 7.86. The number of carbonyl (C=O) groups is 2. The van der Waals surface area contributed by atoms with Crippen molar-refractivity contribution in [2.24, 2.45) is 5.10 Å². The van der Waals surface area contributed by atoms with Crippen LogP contribution >= 0.6 is 15.9 Å². The molecule has 16 heteroatoms. The number of amides is 2. The lowest BCUT2D eigenvalue weighted by Crippen LogP contribution is -2.45. The molecule has 2 aromatic rings. The molecule has 1 heterocycles. The van der Waals surface area contributed by atoms with Crippen LogP contribution in [0.15, 0.2) is 51.2 Å². The highest BCUT2D eigenvalue weighted by molar-refractivity contribution is 9.10. The number of halogens is 1. The fraction of sp³-hybridized carbons (Fsp3) is 0.308. The summed E-state index contributed by atoms with van der Waals surface area (Å²) in [4.78, 5) is 35.3. The van der Waals surface area contributed by atoms with Gasteiger partial charge in [0, 0.05) is 17.3 Å². The van der Waals surface area contributed by atoms with Gasteiger partial charge in [0.2, 0.25) is 5.75 Å². The number of aliphatic hydroxyl groups excluding tert-OH is 1. The number of hydrogen-bond acceptors (Lipinski definition) is 12. The summed E-state index contributed by atoms with van der Waals surface area (Å²) in [6.45, 7) is 3.01. The number of carbonyl (C=O) groups excluding carboxylic acids is 2. The first-order valence-electron chi connectivity index (χ1n) is 12.3. The molecule has 0 bridgehead atoms. The van der Waals surface area contributed by atoms with Crippen molar-refractivity contribution in [3.63, 3.8) is 0 Å². The first-order chi connectivity index (χ1) is 20.1. The van der Waals surface area contributed by atoms with Gasteiger partial charge in [-0.2, -0.15) is 10.4 Å². The van der Waals surface area contributed by atoms with E-state index in [4.69, 9.17) is 24.2 Å². The van der Waals surface area contributed by atoms with Crippen LogP contribution in [0.3, 0.4) is 0 Å². The van der Waals surface area contributed by atoms with E-state index in [1.54, 1.807) is 38.1 Å². The third-order valence-corrected chi connectivity index (χ3v) is 6.22. The Balaban J connectivity index is 1.71. The van der Waals surface area contributed by atoms with Crippen LogP contribution < -0.4 is 30.3 Å². The van der Waals surface area contributed by atoms with Crippen LogP contribution in [0.2, 0.25) is 0 Å². The number of hydrazone groups is 1. The van der Waals surface area contributed by atoms with Crippen molar-refractivity contribution in [1.82, 2.24) is 16.1 Å². The molecule has 0 fully saturated rings. The van der Waals surface area contributed by atoms with Crippen molar-refractivity contribution in [2.75, 3.05) is 26.9 Å². The Morgan fingerprint density at radius 2 is 2.07 bits per heavy atom. The number of allylic oxidation sites excluding steroid dienone is 1. The lowest BCUT2D eigenvalue weighted by molar-refractivity contribution is -0.385. The van der Waals surface area contributed by atoms with Crippen molar-refractivity contribution in [3.8, 4) is 23.3 Å². The van der Waals surface area contributed by atoms with E-state index in [2.05, 4.69) is 37.1 Å². The first-order valence-corrected chi connectivity index (χ1v) is 13.1. The number of nitriles is 1. The first kappa shape index (κ1) is 31.6. The van der Waals surface area contributed by atoms with Crippen LogP contribution in [0.4, 0.5) is 10.5 Å². The van der Waals surface area contributed by atoms with E-state index in [0.717, 1.165) is 0 Å². The number of nitro benzene ring substituents is 1. The Bertz CT molecular complexity index is 1460. The normalized spacial score (nSPS) is 15.2. The molecule has 2 atom stereocenters. The molecule has 2 amide bonds. The van der Waals surface area contributed by atoms with Crippen LogP contribution in [-0.2, 0) is 9.53 Å². The molecule has 0 radical (unpaired) electrons. The number of aliphatic hydroxyl groups is 1. The van der Waals surface area contributed by atoms with Crippen molar-refractivity contribution in [1.29, 1.82) is 5.26 Å². The molecule has 0 aliphatic carbocycles. The van der Waals surface area contributed by atoms with E-state index >= 15 is 0 Å². The maximum atomic E-state index is 12.4. The fourth-order valence-electron chi connectivity index (χ4n) is 3.88. The number of benzene rings is 2. The quantitative estimate of drug-likeness (QED) is 0.0817. The third-order valence-electron chi connectivity index (χ3n) is 5.63. The summed E-state index contributed by atoms with van der Waals surface area (Å²) in [7, 11) is 1.24. The summed E-state index contributed by atoms with van der Waals surface area (Å²) < 4.78 is 21.6. The van der Waals surface area contributed by atoms with Gasteiger partial charge < -0.3 is 34.7 Å². The number of methoxy groups -OCH3 is 1. The highest BCUT2D eigenvalue weighted by atomic mass is 79.9. The van der Waals surface area contributed by atoms with Crippen LogP contribution in [0.5, 0.6) is 17.2 Å². The summed E-state index contributed by atoms with van der Waals surface area (Å²) >= 11 is 3.19. The topological polar surface area (TPSA) is 207 Å². The van der Waals surface area contributed by atoms with Crippen molar-refractivity contribution in [2.45, 2.75) is 26.1 Å². The maximum absolute atomic E-state index is 12.4. The highest BCUT2D eigenvalue weighted by Crippen LogP contribution is 2.36. The predicted octanol–water partition coefficient (Wildman–Crippen LogP) is 2.78. The summed E-state index contributed by atoms with van der Waals surface area (Å²) in [5, 5.41) is 39.6. The van der Waals surface area contributed by atoms with Crippen LogP contribution in [0.1, 0.15) is 31.0 Å². The largest absolute Gasteiger partial charge is 0.490 e. The number of hydrogen-bond donors (Lipinski definition) is 4. The maximum Gasteiger partial charge on any atom is 0.337 e. The van der Waals surface area contributed by atoms with Gasteiger partial charge in [-0.3, -0.25) is 15.5 Å². The van der Waals surface area contributed by atoms with E-state index in [1.807, 2.05) is 0 Å². The zero-order valence-corrected chi connectivity index (χ0v) is 24.3. The lowest BCUT2D eigenvalue weighted by Gasteiger charge is -2.28. The van der Waals surface area contributed by atoms with Gasteiger partial charge in [0.15, 0.2) is 24.3 Å². The van der Waals surface area contributed by atoms with Crippen LogP contribution in [0.25, 0.3) is 0 Å². The Morgan fingerprint density at radius 1 is 1.31 bits per heavy atom. The van der Waals surface area contributed by atoms with Gasteiger partial charge in [0.1, 0.15) is 12.7 Å². The standard InChI is InChI=1S/C26H27BrN6O9/c1-4-40-20-11-16(23-22(25(35)39-3)14(2)30-26(36)31-23)5-6-19(20)42-13-21(34)32-29-12-15-9-17(27)24(41-8-7-28)18(10-15)33(37)38/h5-6,9-12,21,23,32,34H,4,8,13H2,1-3H3,(H2,30,31,36)/b29-12+/t21-,23-/m0/s1. The number of ether oxygens (including phenoxy) is 4. The molecule has 0 unspecified atom stereocenters. The minimum atomic E-state index is -1.28. The summed E-state index contributed by atoms with van der Waals surface area (Å²) in [6.07, 6.45) is -0.0377. The molecule has 4 N–H and O–H groups in total. The van der Waals surface area contributed by atoms with Gasteiger partial charge in [-0.25, -0.2) is 9.59 Å². The zero-order valence-electron chi connectivity index (χ0n) is 22.7. The van der Waals surface area contributed by atoms with Gasteiger partial charge >= 0.3 is 17.7 Å². The Hall–Kier alpha value is -4.88. The van der Waals surface area contributed by atoms with E-state index in [-0.39, 0.29) is 47.1 Å². The molecule has 0 spiro atoms. The number of nitrogens with one attached hydrogen (secondary N) is 3. The fourth-order valence-corrected chi connectivity index (χ4v) is 4.46. The second kappa shape index (κ2) is 14.7. The van der Waals surface area contributed by atoms with E-state index < -0.39 is 29.2 Å². The van der Waals surface area contributed by atoms with Gasteiger partial charge in [0.05, 0.1) is 40.9 Å². The SMILES string of the molecule is CCOc1cc([C@@H]2NC(=O)NC(C)=C2C(=O)OC)ccc1OC[C@H](O)N/N=C/c1cc(Br)c(OCC#N)c([N+](=O)[O-])c1. The van der Waals surface area contributed by atoms with Crippen molar-refractivity contribution >= 4 is 39.8 Å². The molecular weight excluding hydrogens is 620 g/mol. The molecule has 1 aliphatic rings. The number of rotatable bonds is 13. The lowest BCUT2D eigenvalue weighted by atomic mass is 9.95. The molecule has 0 saturated heterocycles. The number of nitrogens with zero attached hydrogens (tertiary/aromatic N) is 3. The number of urea groups is 1. The van der Waals surface area contributed by atoms with Gasteiger partial charge in [-0.1, -0.05) is 6.07 Å². The molecule has 222 valence electrons. The molecule has 0 saturated carbocycles. The molecule has 15 nitrogen and oxygen atoms in total. The Kier molecular flexibility index (Phi) is 11.0. The Morgan fingerprint density at radius 3 is 2.74 bits per heavy atom. The molecule has 1 aliphatic heterocycles. The average Bonchev–Trinajstić information content (AvgIpc) is 2.95. The minimum Gasteiger partial charge on any atom is -0.490 e. The van der Waals surface area contributed by atoms with Gasteiger partial charge in [-0.15, -0.1) is 0 Å². The summed E-state index contributed by atoms with van der Waals surface area (Å²) in [5.41, 5.74) is 3.52. The van der Waals surface area contributed by atoms with Crippen LogP contribution in [0, 0.1) is 21.4 Å². The number of esters is 1. The van der Waals surface area contributed by atoms with E-state index in [0.29, 0.717) is 22.6 Å². The predicted molar refractivity (Wildman–Crippen MR) is 151 cm³/mol. The minimum absolute atomic E-state index is 0.0913. The van der Waals surface area contributed by atoms with Gasteiger partial charge in [-0.05, 0) is 53.5 Å². The van der Waals surface area contributed by atoms with E-state index in [9.17, 15) is 24.8 Å². The summed E-state index contributed by atoms with van der Waals surface area (Å²) in [6, 6.07) is 7.98. The van der Waals surface area contributed by atoms with Crippen molar-refractivity contribution < 1.29 is 38.6 Å². The molecule has 0 aromatic heterocycles. The highest BCUT2D eigenvalue weighted by Gasteiger charge is 2.32. The van der Waals surface area contributed by atoms with Crippen LogP contribution in [-0.4, -0.2) is 61.4 Å². The molecule has 2 aromatic carbocycles. The molecular formula is C26H27BrN6O9. The van der Waals surface area contributed by atoms with Gasteiger partial charge in [0.25, 0.3) is 0 Å².